The molecular formula is C23H25N5O5S2. The van der Waals surface area contributed by atoms with E-state index in [1.54, 1.807) is 29.7 Å². The summed E-state index contributed by atoms with van der Waals surface area (Å²) in [6.45, 7) is 3.35. The van der Waals surface area contributed by atoms with Crippen LogP contribution in [0.4, 0.5) is 5.13 Å². The number of rotatable bonds is 7. The van der Waals surface area contributed by atoms with Crippen LogP contribution in [0.15, 0.2) is 59.6 Å². The molecule has 4 rings (SSSR count). The maximum atomic E-state index is 13.2. The first-order valence-electron chi connectivity index (χ1n) is 10.9. The van der Waals surface area contributed by atoms with E-state index in [9.17, 15) is 18.0 Å². The second kappa shape index (κ2) is 10.5. The van der Waals surface area contributed by atoms with Crippen molar-refractivity contribution in [1.29, 1.82) is 0 Å². The number of nitrogens with one attached hydrogen (secondary N) is 2. The largest absolute Gasteiger partial charge is 0.352 e. The van der Waals surface area contributed by atoms with Crippen LogP contribution in [0.2, 0.25) is 0 Å². The van der Waals surface area contributed by atoms with E-state index in [4.69, 9.17) is 5.21 Å². The molecule has 0 bridgehead atoms. The van der Waals surface area contributed by atoms with Gasteiger partial charge in [0.15, 0.2) is 5.13 Å². The van der Waals surface area contributed by atoms with Gasteiger partial charge in [0.2, 0.25) is 15.9 Å². The molecule has 1 aromatic heterocycles. The zero-order chi connectivity index (χ0) is 25.0. The molecule has 184 valence electrons. The summed E-state index contributed by atoms with van der Waals surface area (Å²) in [5, 5.41) is 12.1. The molecule has 10 nitrogen and oxygen atoms in total. The third kappa shape index (κ3) is 5.68. The average Bonchev–Trinajstić information content (AvgIpc) is 3.38. The topological polar surface area (TPSA) is 132 Å². The Labute approximate surface area is 207 Å². The van der Waals surface area contributed by atoms with Gasteiger partial charge in [-0.05, 0) is 34.9 Å². The molecule has 0 aliphatic carbocycles. The second-order valence-electron chi connectivity index (χ2n) is 7.97. The summed E-state index contributed by atoms with van der Waals surface area (Å²) in [5.41, 5.74) is 4.35. The van der Waals surface area contributed by atoms with E-state index in [1.807, 2.05) is 29.2 Å². The standard InChI is InChI=1S/C23H25N5O5S2/c1-16(29)24-14-17-3-2-4-19(13-17)18-5-7-20(8-6-18)35(32,33)28-11-9-27(10-12-28)23-25-15-21(34-23)22(30)26-31/h2-8,13,15,31H,9-12,14H2,1H3,(H,24,29)(H,26,30). The number of piperazine rings is 1. The lowest BCUT2D eigenvalue weighted by atomic mass is 10.0. The van der Waals surface area contributed by atoms with Gasteiger partial charge < -0.3 is 10.2 Å². The molecule has 0 radical (unpaired) electrons. The molecule has 1 aliphatic heterocycles. The van der Waals surface area contributed by atoms with Gasteiger partial charge in [0, 0.05) is 39.6 Å². The summed E-state index contributed by atoms with van der Waals surface area (Å²) < 4.78 is 27.8. The number of carbonyl (C=O) groups is 2. The summed E-state index contributed by atoms with van der Waals surface area (Å²) in [7, 11) is -3.66. The fraction of sp³-hybridized carbons (Fsp3) is 0.261. The van der Waals surface area contributed by atoms with Crippen LogP contribution in [0.1, 0.15) is 22.2 Å². The van der Waals surface area contributed by atoms with E-state index < -0.39 is 15.9 Å². The van der Waals surface area contributed by atoms with Crippen molar-refractivity contribution in [1.82, 2.24) is 20.1 Å². The third-order valence-electron chi connectivity index (χ3n) is 5.62. The van der Waals surface area contributed by atoms with E-state index in [1.165, 1.54) is 17.4 Å². The highest BCUT2D eigenvalue weighted by Crippen LogP contribution is 2.27. The average molecular weight is 516 g/mol. The van der Waals surface area contributed by atoms with Crippen LogP contribution in [-0.2, 0) is 21.4 Å². The first kappa shape index (κ1) is 24.8. The van der Waals surface area contributed by atoms with Crippen LogP contribution >= 0.6 is 11.3 Å². The Kier molecular flexibility index (Phi) is 7.45. The van der Waals surface area contributed by atoms with E-state index in [2.05, 4.69) is 10.3 Å². The zero-order valence-electron chi connectivity index (χ0n) is 19.0. The fourth-order valence-corrected chi connectivity index (χ4v) is 6.03. The van der Waals surface area contributed by atoms with E-state index in [0.29, 0.717) is 24.8 Å². The van der Waals surface area contributed by atoms with E-state index in [-0.39, 0.29) is 28.8 Å². The number of thiazole rings is 1. The highest BCUT2D eigenvalue weighted by atomic mass is 32.2. The quantitative estimate of drug-likeness (QED) is 0.324. The van der Waals surface area contributed by atoms with Crippen LogP contribution in [0.3, 0.4) is 0 Å². The molecule has 2 heterocycles. The van der Waals surface area contributed by atoms with Gasteiger partial charge in [-0.3, -0.25) is 14.8 Å². The molecule has 0 atom stereocenters. The molecule has 0 spiro atoms. The smallest absolute Gasteiger partial charge is 0.286 e. The van der Waals surface area contributed by atoms with Gasteiger partial charge in [-0.25, -0.2) is 18.9 Å². The SMILES string of the molecule is CC(=O)NCc1cccc(-c2ccc(S(=O)(=O)N3CCN(c4ncc(C(=O)NO)s4)CC3)cc2)c1. The van der Waals surface area contributed by atoms with Crippen molar-refractivity contribution >= 4 is 38.3 Å². The molecule has 0 saturated carbocycles. The minimum atomic E-state index is -3.66. The monoisotopic (exact) mass is 515 g/mol. The first-order valence-corrected chi connectivity index (χ1v) is 13.1. The number of anilines is 1. The lowest BCUT2D eigenvalue weighted by Gasteiger charge is -2.33. The summed E-state index contributed by atoms with van der Waals surface area (Å²) in [5.74, 6) is -0.728. The molecule has 35 heavy (non-hydrogen) atoms. The summed E-state index contributed by atoms with van der Waals surface area (Å²) >= 11 is 1.14. The lowest BCUT2D eigenvalue weighted by molar-refractivity contribution is -0.119. The number of hydrogen-bond donors (Lipinski definition) is 3. The number of hydroxylamine groups is 1. The van der Waals surface area contributed by atoms with Crippen LogP contribution in [0.25, 0.3) is 11.1 Å². The number of hydrogen-bond acceptors (Lipinski definition) is 8. The number of aromatic nitrogens is 1. The number of benzene rings is 2. The molecule has 1 saturated heterocycles. The van der Waals surface area contributed by atoms with E-state index >= 15 is 0 Å². The number of sulfonamides is 1. The Morgan fingerprint density at radius 3 is 2.43 bits per heavy atom. The highest BCUT2D eigenvalue weighted by Gasteiger charge is 2.29. The van der Waals surface area contributed by atoms with Crippen molar-refractivity contribution in [2.45, 2.75) is 18.4 Å². The van der Waals surface area contributed by atoms with Gasteiger partial charge in [0.05, 0.1) is 11.1 Å². The third-order valence-corrected chi connectivity index (χ3v) is 8.59. The maximum Gasteiger partial charge on any atom is 0.286 e. The molecule has 2 amide bonds. The van der Waals surface area contributed by atoms with Crippen molar-refractivity contribution < 1.29 is 23.2 Å². The number of carbonyl (C=O) groups excluding carboxylic acids is 2. The minimum Gasteiger partial charge on any atom is -0.352 e. The van der Waals surface area contributed by atoms with Crippen LogP contribution in [0.5, 0.6) is 0 Å². The van der Waals surface area contributed by atoms with Crippen LogP contribution in [0, 0.1) is 0 Å². The van der Waals surface area contributed by atoms with Gasteiger partial charge in [-0.15, -0.1) is 0 Å². The van der Waals surface area contributed by atoms with Gasteiger partial charge in [-0.1, -0.05) is 41.7 Å². The first-order chi connectivity index (χ1) is 16.8. The molecule has 12 heteroatoms. The van der Waals surface area contributed by atoms with Gasteiger partial charge in [0.25, 0.3) is 5.91 Å². The van der Waals surface area contributed by atoms with Gasteiger partial charge in [-0.2, -0.15) is 4.31 Å². The normalized spacial score (nSPS) is 14.5. The summed E-state index contributed by atoms with van der Waals surface area (Å²) in [6.07, 6.45) is 1.38. The predicted molar refractivity (Wildman–Crippen MR) is 132 cm³/mol. The van der Waals surface area contributed by atoms with Crippen molar-refractivity contribution in [3.8, 4) is 11.1 Å². The fourth-order valence-electron chi connectivity index (χ4n) is 3.75. The summed E-state index contributed by atoms with van der Waals surface area (Å²) in [6, 6.07) is 14.5. The Morgan fingerprint density at radius 1 is 1.06 bits per heavy atom. The zero-order valence-corrected chi connectivity index (χ0v) is 20.6. The Balaban J connectivity index is 1.42. The Morgan fingerprint density at radius 2 is 1.77 bits per heavy atom. The molecule has 3 aromatic rings. The highest BCUT2D eigenvalue weighted by molar-refractivity contribution is 7.89. The predicted octanol–water partition coefficient (Wildman–Crippen LogP) is 2.08. The number of amides is 2. The Bertz CT molecular complexity index is 1320. The second-order valence-corrected chi connectivity index (χ2v) is 10.9. The molecule has 1 aliphatic rings. The molecule has 3 N–H and O–H groups in total. The lowest BCUT2D eigenvalue weighted by Crippen LogP contribution is -2.48. The van der Waals surface area contributed by atoms with Crippen LogP contribution < -0.4 is 15.7 Å². The van der Waals surface area contributed by atoms with Crippen molar-refractivity contribution in [3.05, 3.63) is 65.2 Å². The molecular weight excluding hydrogens is 490 g/mol. The molecule has 1 fully saturated rings. The molecule has 2 aromatic carbocycles. The van der Waals surface area contributed by atoms with Gasteiger partial charge in [0.1, 0.15) is 4.88 Å². The van der Waals surface area contributed by atoms with Crippen molar-refractivity contribution in [2.75, 3.05) is 31.1 Å². The van der Waals surface area contributed by atoms with Crippen molar-refractivity contribution in [3.63, 3.8) is 0 Å². The van der Waals surface area contributed by atoms with Gasteiger partial charge >= 0.3 is 0 Å². The minimum absolute atomic E-state index is 0.101. The maximum absolute atomic E-state index is 13.2. The number of nitrogens with zero attached hydrogens (tertiary/aromatic N) is 3. The Hall–Kier alpha value is -3.32. The summed E-state index contributed by atoms with van der Waals surface area (Å²) in [4.78, 5) is 29.3. The van der Waals surface area contributed by atoms with Crippen molar-refractivity contribution in [2.24, 2.45) is 0 Å². The van der Waals surface area contributed by atoms with E-state index in [0.717, 1.165) is 28.0 Å². The molecule has 0 unspecified atom stereocenters. The van der Waals surface area contributed by atoms with Crippen LogP contribution in [-0.4, -0.2) is 60.9 Å².